The van der Waals surface area contributed by atoms with Gasteiger partial charge in [-0.15, -0.1) is 0 Å². The Balaban J connectivity index is 3.93. The van der Waals surface area contributed by atoms with E-state index in [1.165, 1.54) is 302 Å². The number of rotatable bonds is 65. The number of ether oxygens (including phenoxy) is 3. The summed E-state index contributed by atoms with van der Waals surface area (Å²) in [5.41, 5.74) is 0. The van der Waals surface area contributed by atoms with Gasteiger partial charge in [0.25, 0.3) is 0 Å². The van der Waals surface area contributed by atoms with Crippen LogP contribution < -0.4 is 0 Å². The van der Waals surface area contributed by atoms with Crippen molar-refractivity contribution in [2.24, 2.45) is 0 Å². The van der Waals surface area contributed by atoms with Gasteiger partial charge in [0.05, 0.1) is 0 Å². The molecule has 0 aliphatic carbocycles. The van der Waals surface area contributed by atoms with Crippen LogP contribution in [0.5, 0.6) is 0 Å². The largest absolute Gasteiger partial charge is 0.462 e. The highest BCUT2D eigenvalue weighted by Crippen LogP contribution is 2.19. The van der Waals surface area contributed by atoms with Gasteiger partial charge >= 0.3 is 17.9 Å². The van der Waals surface area contributed by atoms with Gasteiger partial charge < -0.3 is 14.2 Å². The predicted octanol–water partition coefficient (Wildman–Crippen LogP) is 23.6. The fourth-order valence-electron chi connectivity index (χ4n) is 10.8. The molecule has 0 fully saturated rings. The molecule has 450 valence electrons. The molecule has 0 saturated carbocycles. The van der Waals surface area contributed by atoms with E-state index in [-0.39, 0.29) is 31.1 Å². The molecular weight excluding hydrogens is 937 g/mol. The molecule has 1 unspecified atom stereocenters. The molecule has 6 heteroatoms. The second-order valence-corrected chi connectivity index (χ2v) is 23.8. The monoisotopic (exact) mass is 1070 g/mol. The minimum absolute atomic E-state index is 0.0623. The lowest BCUT2D eigenvalue weighted by Gasteiger charge is -2.18. The molecule has 0 bridgehead atoms. The van der Waals surface area contributed by atoms with E-state index in [1.807, 2.05) is 0 Å². The summed E-state index contributed by atoms with van der Waals surface area (Å²) in [4.78, 5) is 38.2. The third-order valence-electron chi connectivity index (χ3n) is 16.0. The SMILES string of the molecule is CCCCCCCCCC/C=C\CCCCCCCCCCCCCCCCCCCCCCCCCC(=O)OCC(COC(=O)CCCCCCCCCCCC)OC(=O)CCCCCCCCCCCCCCC. The van der Waals surface area contributed by atoms with Crippen molar-refractivity contribution in [3.63, 3.8) is 0 Å². The summed E-state index contributed by atoms with van der Waals surface area (Å²) in [5.74, 6) is -0.835. The molecule has 0 spiro atoms. The van der Waals surface area contributed by atoms with E-state index in [0.717, 1.165) is 57.8 Å². The lowest BCUT2D eigenvalue weighted by atomic mass is 10.0. The number of carbonyl (C=O) groups is 3. The summed E-state index contributed by atoms with van der Waals surface area (Å²) in [6, 6.07) is 0. The Labute approximate surface area is 475 Å². The molecule has 0 aliphatic heterocycles. The first-order chi connectivity index (χ1) is 37.5. The smallest absolute Gasteiger partial charge is 0.306 e. The maximum absolute atomic E-state index is 12.8. The second-order valence-electron chi connectivity index (χ2n) is 23.8. The standard InChI is InChI=1S/C70H134O6/c1-4-7-10-13-16-19-22-24-25-26-27-28-29-30-31-32-33-34-35-36-37-38-39-40-41-42-43-44-45-47-48-51-54-57-60-63-69(72)75-66-67(65-74-68(71)62-59-56-53-50-21-18-15-12-9-6-3)76-70(73)64-61-58-55-52-49-46-23-20-17-14-11-8-5-2/h26-27,67H,4-25,28-66H2,1-3H3/b27-26-. The van der Waals surface area contributed by atoms with Crippen molar-refractivity contribution in [1.82, 2.24) is 0 Å². The van der Waals surface area contributed by atoms with Crippen LogP contribution in [0, 0.1) is 0 Å². The van der Waals surface area contributed by atoms with Crippen LogP contribution in [0.25, 0.3) is 0 Å². The Morgan fingerprint density at radius 2 is 0.434 bits per heavy atom. The molecule has 0 saturated heterocycles. The summed E-state index contributed by atoms with van der Waals surface area (Å²) in [7, 11) is 0. The van der Waals surface area contributed by atoms with Crippen LogP contribution in [0.15, 0.2) is 12.2 Å². The van der Waals surface area contributed by atoms with Gasteiger partial charge in [-0.05, 0) is 44.9 Å². The first-order valence-electron chi connectivity index (χ1n) is 34.7. The van der Waals surface area contributed by atoms with Crippen LogP contribution in [0.1, 0.15) is 400 Å². The molecule has 0 amide bonds. The number of allylic oxidation sites excluding steroid dienone is 2. The van der Waals surface area contributed by atoms with E-state index in [9.17, 15) is 14.4 Å². The third-order valence-corrected chi connectivity index (χ3v) is 16.0. The van der Waals surface area contributed by atoms with Crippen molar-refractivity contribution >= 4 is 17.9 Å². The maximum atomic E-state index is 12.8. The quantitative estimate of drug-likeness (QED) is 0.0261. The number of esters is 3. The van der Waals surface area contributed by atoms with Crippen molar-refractivity contribution in [1.29, 1.82) is 0 Å². The molecule has 1 atom stereocenters. The normalized spacial score (nSPS) is 12.0. The Hall–Kier alpha value is -1.85. The van der Waals surface area contributed by atoms with Gasteiger partial charge in [0.15, 0.2) is 6.10 Å². The molecule has 0 aromatic rings. The minimum atomic E-state index is -0.762. The average molecular weight is 1070 g/mol. The summed E-state index contributed by atoms with van der Waals surface area (Å²) >= 11 is 0. The third kappa shape index (κ3) is 63.0. The van der Waals surface area contributed by atoms with Gasteiger partial charge in [-0.2, -0.15) is 0 Å². The van der Waals surface area contributed by atoms with E-state index in [0.29, 0.717) is 19.3 Å². The van der Waals surface area contributed by atoms with Crippen molar-refractivity contribution in [3.05, 3.63) is 12.2 Å². The Morgan fingerprint density at radius 1 is 0.250 bits per heavy atom. The molecule has 0 rings (SSSR count). The van der Waals surface area contributed by atoms with Crippen LogP contribution in [0.2, 0.25) is 0 Å². The Bertz CT molecular complexity index is 1180. The zero-order valence-corrected chi connectivity index (χ0v) is 51.8. The summed E-state index contributed by atoms with van der Waals surface area (Å²) in [5, 5.41) is 0. The lowest BCUT2D eigenvalue weighted by molar-refractivity contribution is -0.167. The molecule has 76 heavy (non-hydrogen) atoms. The van der Waals surface area contributed by atoms with Crippen molar-refractivity contribution in [2.75, 3.05) is 13.2 Å². The molecule has 0 radical (unpaired) electrons. The number of carbonyl (C=O) groups excluding carboxylic acids is 3. The molecular formula is C70H134O6. The van der Waals surface area contributed by atoms with Gasteiger partial charge in [0.1, 0.15) is 13.2 Å². The second kappa shape index (κ2) is 65.7. The van der Waals surface area contributed by atoms with E-state index in [1.54, 1.807) is 0 Å². The Morgan fingerprint density at radius 3 is 0.658 bits per heavy atom. The number of hydrogen-bond donors (Lipinski definition) is 0. The molecule has 0 N–H and O–H groups in total. The first-order valence-corrected chi connectivity index (χ1v) is 34.7. The minimum Gasteiger partial charge on any atom is -0.462 e. The zero-order valence-electron chi connectivity index (χ0n) is 51.8. The first kappa shape index (κ1) is 74.2. The molecule has 6 nitrogen and oxygen atoms in total. The predicted molar refractivity (Wildman–Crippen MR) is 330 cm³/mol. The molecule has 0 aliphatic rings. The Kier molecular flexibility index (Phi) is 64.1. The van der Waals surface area contributed by atoms with Crippen molar-refractivity contribution < 1.29 is 28.6 Å². The van der Waals surface area contributed by atoms with Gasteiger partial charge in [-0.25, -0.2) is 0 Å². The highest BCUT2D eigenvalue weighted by molar-refractivity contribution is 5.71. The lowest BCUT2D eigenvalue weighted by Crippen LogP contribution is -2.30. The van der Waals surface area contributed by atoms with E-state index in [2.05, 4.69) is 32.9 Å². The van der Waals surface area contributed by atoms with E-state index in [4.69, 9.17) is 14.2 Å². The summed E-state index contributed by atoms with van der Waals surface area (Å²) in [6.07, 6.45) is 78.4. The fourth-order valence-corrected chi connectivity index (χ4v) is 10.8. The van der Waals surface area contributed by atoms with Crippen LogP contribution in [-0.4, -0.2) is 37.2 Å². The van der Waals surface area contributed by atoms with Gasteiger partial charge in [0.2, 0.25) is 0 Å². The van der Waals surface area contributed by atoms with Gasteiger partial charge in [-0.3, -0.25) is 14.4 Å². The van der Waals surface area contributed by atoms with Crippen LogP contribution in [0.4, 0.5) is 0 Å². The number of hydrogen-bond acceptors (Lipinski definition) is 6. The average Bonchev–Trinajstić information content (AvgIpc) is 3.42. The van der Waals surface area contributed by atoms with E-state index >= 15 is 0 Å². The van der Waals surface area contributed by atoms with Crippen LogP contribution in [-0.2, 0) is 28.6 Å². The molecule has 0 heterocycles. The summed E-state index contributed by atoms with van der Waals surface area (Å²) in [6.45, 7) is 6.69. The number of unbranched alkanes of at least 4 members (excludes halogenated alkanes) is 52. The van der Waals surface area contributed by atoms with Crippen LogP contribution >= 0.6 is 0 Å². The molecule has 0 aromatic heterocycles. The maximum Gasteiger partial charge on any atom is 0.306 e. The topological polar surface area (TPSA) is 78.9 Å². The zero-order chi connectivity index (χ0) is 55.0. The van der Waals surface area contributed by atoms with Gasteiger partial charge in [-0.1, -0.05) is 348 Å². The van der Waals surface area contributed by atoms with E-state index < -0.39 is 6.10 Å². The highest BCUT2D eigenvalue weighted by atomic mass is 16.6. The molecule has 0 aromatic carbocycles. The van der Waals surface area contributed by atoms with Crippen molar-refractivity contribution in [2.45, 2.75) is 406 Å². The highest BCUT2D eigenvalue weighted by Gasteiger charge is 2.19. The van der Waals surface area contributed by atoms with Crippen LogP contribution in [0.3, 0.4) is 0 Å². The van der Waals surface area contributed by atoms with Crippen molar-refractivity contribution in [3.8, 4) is 0 Å². The summed E-state index contributed by atoms with van der Waals surface area (Å²) < 4.78 is 16.9. The fraction of sp³-hybridized carbons (Fsp3) is 0.929. The van der Waals surface area contributed by atoms with Gasteiger partial charge in [0, 0.05) is 19.3 Å².